The summed E-state index contributed by atoms with van der Waals surface area (Å²) in [7, 11) is 0. The van der Waals surface area contributed by atoms with Crippen molar-refractivity contribution in [1.82, 2.24) is 19.9 Å². The van der Waals surface area contributed by atoms with Crippen LogP contribution in [0.5, 0.6) is 0 Å². The number of nitrogens with zero attached hydrogens (tertiary/aromatic N) is 3. The second kappa shape index (κ2) is 6.14. The van der Waals surface area contributed by atoms with Gasteiger partial charge >= 0.3 is 0 Å². The summed E-state index contributed by atoms with van der Waals surface area (Å²) in [5.41, 5.74) is 0.986. The van der Waals surface area contributed by atoms with Crippen molar-refractivity contribution in [2.45, 2.75) is 33.1 Å². The maximum absolute atomic E-state index is 4.59. The molecule has 0 atom stereocenters. The van der Waals surface area contributed by atoms with E-state index in [2.05, 4.69) is 62.0 Å². The lowest BCUT2D eigenvalue weighted by Gasteiger charge is -2.13. The minimum absolute atomic E-state index is 0.313. The van der Waals surface area contributed by atoms with Crippen molar-refractivity contribution >= 4 is 21.7 Å². The summed E-state index contributed by atoms with van der Waals surface area (Å²) in [5, 5.41) is 3.32. The maximum Gasteiger partial charge on any atom is 0.197 e. The van der Waals surface area contributed by atoms with Gasteiger partial charge in [-0.2, -0.15) is 0 Å². The first-order valence-corrected chi connectivity index (χ1v) is 7.23. The predicted octanol–water partition coefficient (Wildman–Crippen LogP) is 3.57. The first kappa shape index (κ1) is 14.0. The van der Waals surface area contributed by atoms with Crippen molar-refractivity contribution in [3.05, 3.63) is 22.6 Å². The van der Waals surface area contributed by atoms with Crippen LogP contribution in [-0.4, -0.2) is 26.5 Å². The van der Waals surface area contributed by atoms with Crippen LogP contribution in [-0.2, 0) is 0 Å². The molecule has 5 nitrogen and oxygen atoms in total. The van der Waals surface area contributed by atoms with Crippen molar-refractivity contribution < 1.29 is 0 Å². The number of imidazole rings is 1. The number of rotatable bonds is 5. The molecule has 6 heteroatoms. The van der Waals surface area contributed by atoms with Crippen molar-refractivity contribution in [3.8, 4) is 11.6 Å². The maximum atomic E-state index is 4.59. The minimum atomic E-state index is 0.313. The molecule has 0 bridgehead atoms. The van der Waals surface area contributed by atoms with Crippen LogP contribution < -0.4 is 5.32 Å². The highest BCUT2D eigenvalue weighted by Gasteiger charge is 2.16. The van der Waals surface area contributed by atoms with Gasteiger partial charge in [-0.3, -0.25) is 0 Å². The number of H-pyrrole nitrogens is 1. The monoisotopic (exact) mass is 323 g/mol. The summed E-state index contributed by atoms with van der Waals surface area (Å²) >= 11 is 3.59. The zero-order valence-corrected chi connectivity index (χ0v) is 13.0. The van der Waals surface area contributed by atoms with Gasteiger partial charge in [-0.25, -0.2) is 15.0 Å². The van der Waals surface area contributed by atoms with Gasteiger partial charge in [0.1, 0.15) is 5.82 Å². The highest BCUT2D eigenvalue weighted by molar-refractivity contribution is 9.10. The molecular weight excluding hydrogens is 306 g/mol. The molecule has 2 rings (SSSR count). The Balaban J connectivity index is 2.47. The van der Waals surface area contributed by atoms with E-state index in [9.17, 15) is 0 Å². The zero-order chi connectivity index (χ0) is 13.8. The fourth-order valence-electron chi connectivity index (χ4n) is 1.70. The molecule has 0 fully saturated rings. The summed E-state index contributed by atoms with van der Waals surface area (Å²) in [6.45, 7) is 7.23. The average Bonchev–Trinajstić information content (AvgIpc) is 2.91. The molecule has 0 aliphatic heterocycles. The predicted molar refractivity (Wildman–Crippen MR) is 80.2 cm³/mol. The number of hydrogen-bond acceptors (Lipinski definition) is 4. The van der Waals surface area contributed by atoms with Crippen LogP contribution in [0.3, 0.4) is 0 Å². The second-order valence-electron chi connectivity index (χ2n) is 4.61. The Labute approximate surface area is 121 Å². The average molecular weight is 324 g/mol. The molecule has 0 amide bonds. The smallest absolute Gasteiger partial charge is 0.197 e. The Hall–Kier alpha value is -1.43. The van der Waals surface area contributed by atoms with Gasteiger partial charge in [-0.05, 0) is 28.3 Å². The van der Waals surface area contributed by atoms with Crippen molar-refractivity contribution in [3.63, 3.8) is 0 Å². The van der Waals surface area contributed by atoms with Crippen LogP contribution in [0.1, 0.15) is 38.8 Å². The summed E-state index contributed by atoms with van der Waals surface area (Å²) < 4.78 is 0.936. The number of halogens is 1. The Morgan fingerprint density at radius 1 is 1.37 bits per heavy atom. The lowest BCUT2D eigenvalue weighted by molar-refractivity contribution is 0.806. The van der Waals surface area contributed by atoms with Crippen molar-refractivity contribution in [2.24, 2.45) is 0 Å². The van der Waals surface area contributed by atoms with Gasteiger partial charge < -0.3 is 10.3 Å². The summed E-state index contributed by atoms with van der Waals surface area (Å²) in [4.78, 5) is 16.4. The van der Waals surface area contributed by atoms with E-state index in [-0.39, 0.29) is 0 Å². The van der Waals surface area contributed by atoms with E-state index in [0.29, 0.717) is 17.6 Å². The molecule has 0 radical (unpaired) electrons. The molecule has 0 spiro atoms. The van der Waals surface area contributed by atoms with Gasteiger partial charge in [-0.1, -0.05) is 20.8 Å². The molecule has 102 valence electrons. The number of hydrogen-bond donors (Lipinski definition) is 2. The van der Waals surface area contributed by atoms with Gasteiger partial charge in [-0.15, -0.1) is 0 Å². The molecule has 2 aromatic heterocycles. The molecule has 2 aromatic rings. The highest BCUT2D eigenvalue weighted by atomic mass is 79.9. The molecule has 0 aromatic carbocycles. The number of aromatic amines is 1. The minimum Gasteiger partial charge on any atom is -0.369 e. The summed E-state index contributed by atoms with van der Waals surface area (Å²) in [6.07, 6.45) is 4.52. The standard InChI is InChI=1S/C13H18BrN5/c1-4-5-15-11-9(14)10(8(2)3)18-13(19-11)12-16-6-7-17-12/h6-8H,4-5H2,1-3H3,(H,16,17)(H,15,18,19). The van der Waals surface area contributed by atoms with E-state index >= 15 is 0 Å². The first-order valence-electron chi connectivity index (χ1n) is 6.44. The highest BCUT2D eigenvalue weighted by Crippen LogP contribution is 2.30. The lowest BCUT2D eigenvalue weighted by atomic mass is 10.1. The Bertz CT molecular complexity index is 536. The quantitative estimate of drug-likeness (QED) is 0.882. The molecule has 2 heterocycles. The molecule has 0 aliphatic rings. The van der Waals surface area contributed by atoms with E-state index in [4.69, 9.17) is 0 Å². The van der Waals surface area contributed by atoms with E-state index in [1.54, 1.807) is 12.4 Å². The fourth-order valence-corrected chi connectivity index (χ4v) is 2.48. The van der Waals surface area contributed by atoms with Crippen LogP contribution in [0.25, 0.3) is 11.6 Å². The van der Waals surface area contributed by atoms with E-state index in [1.165, 1.54) is 0 Å². The third-order valence-corrected chi connectivity index (χ3v) is 3.46. The van der Waals surface area contributed by atoms with Crippen LogP contribution in [0.4, 0.5) is 5.82 Å². The molecule has 0 saturated carbocycles. The van der Waals surface area contributed by atoms with Gasteiger partial charge in [0.15, 0.2) is 11.6 Å². The van der Waals surface area contributed by atoms with Crippen LogP contribution in [0, 0.1) is 0 Å². The first-order chi connectivity index (χ1) is 9.13. The Kier molecular flexibility index (Phi) is 4.52. The lowest BCUT2D eigenvalue weighted by Crippen LogP contribution is -2.08. The van der Waals surface area contributed by atoms with Gasteiger partial charge in [0.2, 0.25) is 0 Å². The third kappa shape index (κ3) is 3.12. The molecular formula is C13H18BrN5. The van der Waals surface area contributed by atoms with Gasteiger partial charge in [0.05, 0.1) is 10.2 Å². The number of aromatic nitrogens is 4. The van der Waals surface area contributed by atoms with Crippen LogP contribution in [0.2, 0.25) is 0 Å². The molecule has 19 heavy (non-hydrogen) atoms. The SMILES string of the molecule is CCCNc1nc(-c2ncc[nH]2)nc(C(C)C)c1Br. The Morgan fingerprint density at radius 3 is 2.74 bits per heavy atom. The number of nitrogens with one attached hydrogen (secondary N) is 2. The van der Waals surface area contributed by atoms with Gasteiger partial charge in [0, 0.05) is 18.9 Å². The molecule has 2 N–H and O–H groups in total. The molecule has 0 saturated heterocycles. The topological polar surface area (TPSA) is 66.5 Å². The molecule has 0 aliphatic carbocycles. The second-order valence-corrected chi connectivity index (χ2v) is 5.41. The van der Waals surface area contributed by atoms with Crippen LogP contribution in [0.15, 0.2) is 16.9 Å². The van der Waals surface area contributed by atoms with E-state index in [0.717, 1.165) is 29.0 Å². The normalized spacial score (nSPS) is 11.0. The third-order valence-electron chi connectivity index (χ3n) is 2.68. The fraction of sp³-hybridized carbons (Fsp3) is 0.462. The Morgan fingerprint density at radius 2 is 2.16 bits per heavy atom. The van der Waals surface area contributed by atoms with Crippen LogP contribution >= 0.6 is 15.9 Å². The van der Waals surface area contributed by atoms with E-state index < -0.39 is 0 Å². The van der Waals surface area contributed by atoms with E-state index in [1.807, 2.05) is 0 Å². The largest absolute Gasteiger partial charge is 0.369 e. The summed E-state index contributed by atoms with van der Waals surface area (Å²) in [6, 6.07) is 0. The number of anilines is 1. The zero-order valence-electron chi connectivity index (χ0n) is 11.4. The van der Waals surface area contributed by atoms with Gasteiger partial charge in [0.25, 0.3) is 0 Å². The van der Waals surface area contributed by atoms with Crippen molar-refractivity contribution in [2.75, 3.05) is 11.9 Å². The van der Waals surface area contributed by atoms with Crippen molar-refractivity contribution in [1.29, 1.82) is 0 Å². The molecule has 0 unspecified atom stereocenters. The summed E-state index contributed by atoms with van der Waals surface area (Å²) in [5.74, 6) is 2.45.